The van der Waals surface area contributed by atoms with Gasteiger partial charge in [-0.2, -0.15) is 0 Å². The normalized spacial score (nSPS) is 9.14. The van der Waals surface area contributed by atoms with Crippen LogP contribution in [0.4, 0.5) is 10.1 Å². The van der Waals surface area contributed by atoms with E-state index in [1.807, 2.05) is 13.0 Å². The lowest BCUT2D eigenvalue weighted by Crippen LogP contribution is -2.01. The van der Waals surface area contributed by atoms with Crippen LogP contribution in [-0.4, -0.2) is 6.54 Å². The van der Waals surface area contributed by atoms with Crippen molar-refractivity contribution in [2.75, 3.05) is 11.9 Å². The molecule has 0 aliphatic carbocycles. The topological polar surface area (TPSA) is 12.0 Å². The second-order valence-corrected chi connectivity index (χ2v) is 3.20. The summed E-state index contributed by atoms with van der Waals surface area (Å²) in [5.74, 6) is 5.54. The fourth-order valence-corrected chi connectivity index (χ4v) is 1.20. The van der Waals surface area contributed by atoms with Gasteiger partial charge in [-0.15, -0.1) is 5.92 Å². The van der Waals surface area contributed by atoms with Crippen molar-refractivity contribution in [3.05, 3.63) is 29.1 Å². The molecular weight excluding hydrogens is 177 g/mol. The molecule has 0 amide bonds. The number of rotatable bonds is 2. The zero-order valence-electron chi connectivity index (χ0n) is 8.74. The van der Waals surface area contributed by atoms with Crippen molar-refractivity contribution in [3.8, 4) is 11.8 Å². The number of hydrogen-bond acceptors (Lipinski definition) is 1. The van der Waals surface area contributed by atoms with E-state index in [0.29, 0.717) is 12.1 Å². The largest absolute Gasteiger partial charge is 0.374 e. The first-order valence-electron chi connectivity index (χ1n) is 4.55. The smallest absolute Gasteiger partial charge is 0.126 e. The molecule has 0 saturated heterocycles. The summed E-state index contributed by atoms with van der Waals surface area (Å²) in [4.78, 5) is 0. The van der Waals surface area contributed by atoms with Crippen molar-refractivity contribution in [1.82, 2.24) is 0 Å². The summed E-state index contributed by atoms with van der Waals surface area (Å²) in [6.45, 7) is 6.03. The first-order valence-corrected chi connectivity index (χ1v) is 4.55. The van der Waals surface area contributed by atoms with Crippen molar-refractivity contribution in [2.45, 2.75) is 20.8 Å². The fourth-order valence-electron chi connectivity index (χ4n) is 1.20. The molecule has 1 aromatic rings. The second-order valence-electron chi connectivity index (χ2n) is 3.20. The Morgan fingerprint density at radius 3 is 2.64 bits per heavy atom. The van der Waals surface area contributed by atoms with Gasteiger partial charge in [-0.05, 0) is 44.0 Å². The van der Waals surface area contributed by atoms with E-state index in [9.17, 15) is 4.39 Å². The lowest BCUT2D eigenvalue weighted by molar-refractivity contribution is 0.617. The Balaban J connectivity index is 2.85. The maximum Gasteiger partial charge on any atom is 0.126 e. The number of nitrogens with one attached hydrogen (secondary N) is 1. The Hall–Kier alpha value is -1.49. The van der Waals surface area contributed by atoms with Gasteiger partial charge in [0.1, 0.15) is 5.82 Å². The van der Waals surface area contributed by atoms with Crippen molar-refractivity contribution in [1.29, 1.82) is 0 Å². The molecule has 1 aromatic carbocycles. The quantitative estimate of drug-likeness (QED) is 0.709. The zero-order chi connectivity index (χ0) is 10.6. The minimum atomic E-state index is -0.158. The van der Waals surface area contributed by atoms with E-state index in [0.717, 1.165) is 11.3 Å². The van der Waals surface area contributed by atoms with Crippen LogP contribution in [0.25, 0.3) is 0 Å². The molecule has 1 rings (SSSR count). The molecule has 1 N–H and O–H groups in total. The van der Waals surface area contributed by atoms with Crippen molar-refractivity contribution < 1.29 is 4.39 Å². The van der Waals surface area contributed by atoms with Crippen LogP contribution in [0.3, 0.4) is 0 Å². The van der Waals surface area contributed by atoms with Gasteiger partial charge in [-0.1, -0.05) is 5.92 Å². The second kappa shape index (κ2) is 4.66. The molecule has 0 heterocycles. The molecule has 0 spiro atoms. The third-order valence-electron chi connectivity index (χ3n) is 2.05. The van der Waals surface area contributed by atoms with Crippen LogP contribution < -0.4 is 5.32 Å². The van der Waals surface area contributed by atoms with Crippen LogP contribution >= 0.6 is 0 Å². The highest BCUT2D eigenvalue weighted by Gasteiger charge is 2.02. The zero-order valence-corrected chi connectivity index (χ0v) is 8.74. The minimum Gasteiger partial charge on any atom is -0.374 e. The Labute approximate surface area is 84.3 Å². The molecule has 0 atom stereocenters. The van der Waals surface area contributed by atoms with E-state index in [-0.39, 0.29) is 5.82 Å². The predicted octanol–water partition coefficient (Wildman–Crippen LogP) is 2.88. The van der Waals surface area contributed by atoms with Crippen LogP contribution in [-0.2, 0) is 0 Å². The molecule has 0 saturated carbocycles. The third-order valence-corrected chi connectivity index (χ3v) is 2.05. The Kier molecular flexibility index (Phi) is 3.53. The molecule has 0 bridgehead atoms. The molecule has 0 aliphatic rings. The van der Waals surface area contributed by atoms with Gasteiger partial charge in [0.2, 0.25) is 0 Å². The highest BCUT2D eigenvalue weighted by molar-refractivity contribution is 5.53. The van der Waals surface area contributed by atoms with Gasteiger partial charge >= 0.3 is 0 Å². The minimum absolute atomic E-state index is 0.158. The molecule has 14 heavy (non-hydrogen) atoms. The van der Waals surface area contributed by atoms with E-state index in [4.69, 9.17) is 0 Å². The predicted molar refractivity (Wildman–Crippen MR) is 57.8 cm³/mol. The van der Waals surface area contributed by atoms with Crippen molar-refractivity contribution in [2.24, 2.45) is 0 Å². The van der Waals surface area contributed by atoms with Gasteiger partial charge in [-0.3, -0.25) is 0 Å². The van der Waals surface area contributed by atoms with E-state index in [2.05, 4.69) is 17.2 Å². The monoisotopic (exact) mass is 191 g/mol. The molecule has 1 nitrogen and oxygen atoms in total. The number of aryl methyl sites for hydroxylation is 2. The first-order chi connectivity index (χ1) is 6.65. The Morgan fingerprint density at radius 2 is 2.00 bits per heavy atom. The molecular formula is C12H14FN. The average Bonchev–Trinajstić information content (AvgIpc) is 2.14. The molecule has 0 unspecified atom stereocenters. The lowest BCUT2D eigenvalue weighted by Gasteiger charge is -2.08. The molecule has 0 aliphatic heterocycles. The van der Waals surface area contributed by atoms with Gasteiger partial charge in [-0.25, -0.2) is 4.39 Å². The van der Waals surface area contributed by atoms with Gasteiger partial charge in [0.05, 0.1) is 6.54 Å². The summed E-state index contributed by atoms with van der Waals surface area (Å²) < 4.78 is 13.1. The van der Waals surface area contributed by atoms with Crippen LogP contribution in [0.15, 0.2) is 12.1 Å². The standard InChI is InChI=1S/C12H14FN/c1-4-5-6-14-12-8-9(2)11(13)7-10(12)3/h7-8,14H,6H2,1-3H3. The van der Waals surface area contributed by atoms with Crippen molar-refractivity contribution in [3.63, 3.8) is 0 Å². The molecule has 74 valence electrons. The molecule has 2 heteroatoms. The van der Waals surface area contributed by atoms with Crippen LogP contribution in [0.2, 0.25) is 0 Å². The van der Waals surface area contributed by atoms with E-state index >= 15 is 0 Å². The van der Waals surface area contributed by atoms with E-state index in [1.165, 1.54) is 6.07 Å². The number of hydrogen-bond donors (Lipinski definition) is 1. The highest BCUT2D eigenvalue weighted by atomic mass is 19.1. The number of anilines is 1. The summed E-state index contributed by atoms with van der Waals surface area (Å²) in [5.41, 5.74) is 2.51. The summed E-state index contributed by atoms with van der Waals surface area (Å²) in [7, 11) is 0. The van der Waals surface area contributed by atoms with Crippen LogP contribution in [0, 0.1) is 31.5 Å². The summed E-state index contributed by atoms with van der Waals surface area (Å²) >= 11 is 0. The molecule has 0 radical (unpaired) electrons. The van der Waals surface area contributed by atoms with Crippen LogP contribution in [0.1, 0.15) is 18.1 Å². The van der Waals surface area contributed by atoms with Gasteiger partial charge in [0.25, 0.3) is 0 Å². The van der Waals surface area contributed by atoms with Gasteiger partial charge < -0.3 is 5.32 Å². The fraction of sp³-hybridized carbons (Fsp3) is 0.333. The van der Waals surface area contributed by atoms with Crippen molar-refractivity contribution >= 4 is 5.69 Å². The number of halogens is 1. The summed E-state index contributed by atoms with van der Waals surface area (Å²) in [5, 5.41) is 3.14. The summed E-state index contributed by atoms with van der Waals surface area (Å²) in [6.07, 6.45) is 0. The number of benzene rings is 1. The summed E-state index contributed by atoms with van der Waals surface area (Å²) in [6, 6.07) is 3.35. The first kappa shape index (κ1) is 10.6. The van der Waals surface area contributed by atoms with Crippen LogP contribution in [0.5, 0.6) is 0 Å². The average molecular weight is 191 g/mol. The third kappa shape index (κ3) is 2.50. The Morgan fingerprint density at radius 1 is 1.29 bits per heavy atom. The lowest BCUT2D eigenvalue weighted by atomic mass is 10.1. The molecule has 0 aromatic heterocycles. The van der Waals surface area contributed by atoms with Gasteiger partial charge in [0, 0.05) is 5.69 Å². The van der Waals surface area contributed by atoms with E-state index < -0.39 is 0 Å². The van der Waals surface area contributed by atoms with Gasteiger partial charge in [0.15, 0.2) is 0 Å². The SMILES string of the molecule is CC#CCNc1cc(C)c(F)cc1C. The maximum absolute atomic E-state index is 13.1. The highest BCUT2D eigenvalue weighted by Crippen LogP contribution is 2.18. The Bertz CT molecular complexity index is 385. The maximum atomic E-state index is 13.1. The van der Waals surface area contributed by atoms with E-state index in [1.54, 1.807) is 13.8 Å². The molecule has 0 fully saturated rings.